The molecule has 0 aliphatic rings. The molecule has 0 aliphatic carbocycles. The smallest absolute Gasteiger partial charge is 0.148 e. The summed E-state index contributed by atoms with van der Waals surface area (Å²) < 4.78 is 20.3. The molecule has 0 saturated heterocycles. The van der Waals surface area contributed by atoms with Gasteiger partial charge in [-0.3, -0.25) is 0 Å². The van der Waals surface area contributed by atoms with Crippen LogP contribution in [0.15, 0.2) is 45.3 Å². The van der Waals surface area contributed by atoms with Crippen molar-refractivity contribution < 1.29 is 9.13 Å². The van der Waals surface area contributed by atoms with E-state index in [4.69, 9.17) is 4.74 Å². The van der Waals surface area contributed by atoms with Gasteiger partial charge in [-0.05, 0) is 67.3 Å². The fourth-order valence-corrected chi connectivity index (χ4v) is 3.40. The van der Waals surface area contributed by atoms with Crippen LogP contribution in [0.1, 0.15) is 11.1 Å². The molecule has 0 heterocycles. The first-order valence-corrected chi connectivity index (χ1v) is 8.22. The Hall–Kier alpha value is -0.390. The van der Waals surface area contributed by atoms with Gasteiger partial charge in [-0.1, -0.05) is 28.1 Å². The van der Waals surface area contributed by atoms with Crippen molar-refractivity contribution in [3.05, 3.63) is 62.3 Å². The quantitative estimate of drug-likeness (QED) is 0.531. The summed E-state index contributed by atoms with van der Waals surface area (Å²) in [5, 5.41) is 0.780. The summed E-state index contributed by atoms with van der Waals surface area (Å²) in [6.45, 7) is 0.394. The summed E-state index contributed by atoms with van der Waals surface area (Å²) >= 11 is 10.4. The molecule has 19 heavy (non-hydrogen) atoms. The maximum absolute atomic E-state index is 12.8. The van der Waals surface area contributed by atoms with Crippen LogP contribution < -0.4 is 4.74 Å². The largest absolute Gasteiger partial charge is 0.487 e. The number of ether oxygens (including phenoxy) is 1. The molecular weight excluding hydrogens is 443 g/mol. The van der Waals surface area contributed by atoms with Gasteiger partial charge in [-0.2, -0.15) is 0 Å². The van der Waals surface area contributed by atoms with Crippen molar-refractivity contribution in [3.63, 3.8) is 0 Å². The Kier molecular flexibility index (Phi) is 5.42. The molecule has 0 aromatic heterocycles. The van der Waals surface area contributed by atoms with Crippen molar-refractivity contribution in [1.82, 2.24) is 0 Å². The molecule has 0 amide bonds. The minimum atomic E-state index is -0.243. The van der Waals surface area contributed by atoms with Crippen molar-refractivity contribution in [2.24, 2.45) is 0 Å². The average Bonchev–Trinajstić information content (AvgIpc) is 2.39. The fourth-order valence-electron chi connectivity index (χ4n) is 1.56. The lowest BCUT2D eigenvalue weighted by Gasteiger charge is -2.11. The second-order valence-corrected chi connectivity index (χ2v) is 6.21. The molecule has 2 aromatic rings. The number of hydrogen-bond acceptors (Lipinski definition) is 1. The Morgan fingerprint density at radius 1 is 0.947 bits per heavy atom. The highest BCUT2D eigenvalue weighted by Gasteiger charge is 2.09. The van der Waals surface area contributed by atoms with E-state index in [-0.39, 0.29) is 5.82 Å². The molecule has 0 saturated carbocycles. The summed E-state index contributed by atoms with van der Waals surface area (Å²) in [5.74, 6) is 0.502. The number of benzene rings is 2. The summed E-state index contributed by atoms with van der Waals surface area (Å²) in [4.78, 5) is 0. The summed E-state index contributed by atoms with van der Waals surface area (Å²) in [5.41, 5.74) is 2.07. The van der Waals surface area contributed by atoms with E-state index in [1.165, 1.54) is 12.1 Å². The summed E-state index contributed by atoms with van der Waals surface area (Å²) in [6.07, 6.45) is 0. The van der Waals surface area contributed by atoms with Crippen molar-refractivity contribution in [2.45, 2.75) is 11.9 Å². The van der Waals surface area contributed by atoms with Gasteiger partial charge in [-0.25, -0.2) is 4.39 Å². The Labute approximate surface area is 136 Å². The molecule has 0 atom stereocenters. The van der Waals surface area contributed by atoms with Crippen LogP contribution in [0, 0.1) is 5.82 Å². The number of rotatable bonds is 4. The molecule has 0 aliphatic heterocycles. The van der Waals surface area contributed by atoms with E-state index in [9.17, 15) is 4.39 Å². The first-order chi connectivity index (χ1) is 9.10. The lowest BCUT2D eigenvalue weighted by Crippen LogP contribution is -1.97. The third-order valence-electron chi connectivity index (χ3n) is 2.51. The van der Waals surface area contributed by atoms with Crippen molar-refractivity contribution >= 4 is 47.8 Å². The first kappa shape index (κ1) is 15.0. The zero-order chi connectivity index (χ0) is 13.8. The van der Waals surface area contributed by atoms with Gasteiger partial charge in [0, 0.05) is 5.33 Å². The van der Waals surface area contributed by atoms with Gasteiger partial charge in [0.15, 0.2) is 0 Å². The second-order valence-electron chi connectivity index (χ2n) is 3.94. The van der Waals surface area contributed by atoms with Gasteiger partial charge in [-0.15, -0.1) is 0 Å². The van der Waals surface area contributed by atoms with Crippen LogP contribution in [0.4, 0.5) is 4.39 Å². The van der Waals surface area contributed by atoms with Crippen LogP contribution in [-0.2, 0) is 11.9 Å². The molecule has 0 radical (unpaired) electrons. The number of alkyl halides is 1. The van der Waals surface area contributed by atoms with E-state index in [0.29, 0.717) is 6.61 Å². The lowest BCUT2D eigenvalue weighted by molar-refractivity contribution is 0.302. The van der Waals surface area contributed by atoms with Crippen LogP contribution >= 0.6 is 47.8 Å². The molecule has 5 heteroatoms. The van der Waals surface area contributed by atoms with Crippen molar-refractivity contribution in [1.29, 1.82) is 0 Å². The molecule has 1 nitrogen and oxygen atoms in total. The van der Waals surface area contributed by atoms with E-state index < -0.39 is 0 Å². The van der Waals surface area contributed by atoms with Gasteiger partial charge < -0.3 is 4.74 Å². The molecule has 2 rings (SSSR count). The summed E-state index contributed by atoms with van der Waals surface area (Å²) in [7, 11) is 0. The maximum Gasteiger partial charge on any atom is 0.148 e. The Morgan fingerprint density at radius 3 is 2.05 bits per heavy atom. The average molecular weight is 453 g/mol. The highest BCUT2D eigenvalue weighted by atomic mass is 79.9. The van der Waals surface area contributed by atoms with Crippen LogP contribution in [0.5, 0.6) is 5.75 Å². The molecule has 0 fully saturated rings. The highest BCUT2D eigenvalue weighted by molar-refractivity contribution is 9.11. The SMILES string of the molecule is Fc1ccc(COc2c(Br)cc(CBr)cc2Br)cc1. The predicted molar refractivity (Wildman–Crippen MR) is 85.2 cm³/mol. The van der Waals surface area contributed by atoms with Gasteiger partial charge in [0.2, 0.25) is 0 Å². The standard InChI is InChI=1S/C14H10Br3FO/c15-7-10-5-12(16)14(13(17)6-10)19-8-9-1-3-11(18)4-2-9/h1-6H,7-8H2. The third kappa shape index (κ3) is 4.04. The van der Waals surface area contributed by atoms with Crippen LogP contribution in [-0.4, -0.2) is 0 Å². The zero-order valence-electron chi connectivity index (χ0n) is 9.80. The Morgan fingerprint density at radius 2 is 1.53 bits per heavy atom. The third-order valence-corrected chi connectivity index (χ3v) is 4.33. The van der Waals surface area contributed by atoms with E-state index in [1.807, 2.05) is 12.1 Å². The normalized spacial score (nSPS) is 10.5. The lowest BCUT2D eigenvalue weighted by atomic mass is 10.2. The summed E-state index contributed by atoms with van der Waals surface area (Å²) in [6, 6.07) is 10.3. The highest BCUT2D eigenvalue weighted by Crippen LogP contribution is 2.35. The maximum atomic E-state index is 12.8. The van der Waals surface area contributed by atoms with Crippen LogP contribution in [0.2, 0.25) is 0 Å². The Balaban J connectivity index is 2.13. The van der Waals surface area contributed by atoms with Crippen LogP contribution in [0.3, 0.4) is 0 Å². The van der Waals surface area contributed by atoms with Crippen LogP contribution in [0.25, 0.3) is 0 Å². The number of hydrogen-bond donors (Lipinski definition) is 0. The van der Waals surface area contributed by atoms with E-state index in [0.717, 1.165) is 31.2 Å². The zero-order valence-corrected chi connectivity index (χ0v) is 14.6. The topological polar surface area (TPSA) is 9.23 Å². The predicted octanol–water partition coefficient (Wildman–Crippen LogP) is 5.82. The monoisotopic (exact) mass is 450 g/mol. The van der Waals surface area contributed by atoms with Crippen molar-refractivity contribution in [2.75, 3.05) is 0 Å². The van der Waals surface area contributed by atoms with E-state index in [1.54, 1.807) is 12.1 Å². The second kappa shape index (κ2) is 6.86. The van der Waals surface area contributed by atoms with E-state index >= 15 is 0 Å². The molecular formula is C14H10Br3FO. The fraction of sp³-hybridized carbons (Fsp3) is 0.143. The molecule has 2 aromatic carbocycles. The molecule has 0 N–H and O–H groups in total. The molecule has 0 unspecified atom stereocenters. The van der Waals surface area contributed by atoms with Gasteiger partial charge >= 0.3 is 0 Å². The van der Waals surface area contributed by atoms with Gasteiger partial charge in [0.05, 0.1) is 8.95 Å². The minimum Gasteiger partial charge on any atom is -0.487 e. The molecule has 100 valence electrons. The van der Waals surface area contributed by atoms with E-state index in [2.05, 4.69) is 47.8 Å². The first-order valence-electron chi connectivity index (χ1n) is 5.51. The minimum absolute atomic E-state index is 0.243. The Bertz CT molecular complexity index is 546. The number of halogens is 4. The molecule has 0 spiro atoms. The van der Waals surface area contributed by atoms with Gasteiger partial charge in [0.25, 0.3) is 0 Å². The molecule has 0 bridgehead atoms. The van der Waals surface area contributed by atoms with Gasteiger partial charge in [0.1, 0.15) is 18.2 Å². The van der Waals surface area contributed by atoms with Crippen molar-refractivity contribution in [3.8, 4) is 5.75 Å².